The number of aliphatic hydroxyl groups excluding tert-OH is 1. The monoisotopic (exact) mass is 265 g/mol. The van der Waals surface area contributed by atoms with Gasteiger partial charge in [-0.3, -0.25) is 0 Å². The van der Waals surface area contributed by atoms with E-state index in [2.05, 4.69) is 4.98 Å². The molecule has 0 spiro atoms. The average Bonchev–Trinajstić information content (AvgIpc) is 2.57. The normalized spacial score (nSPS) is 20.6. The zero-order valence-corrected chi connectivity index (χ0v) is 12.1. The summed E-state index contributed by atoms with van der Waals surface area (Å²) in [6.45, 7) is 7.79. The molecule has 1 fully saturated rings. The van der Waals surface area contributed by atoms with Gasteiger partial charge in [0.15, 0.2) is 0 Å². The summed E-state index contributed by atoms with van der Waals surface area (Å²) in [5.74, 6) is 0.398. The van der Waals surface area contributed by atoms with Gasteiger partial charge in [-0.05, 0) is 39.2 Å². The fourth-order valence-corrected chi connectivity index (χ4v) is 2.01. The summed E-state index contributed by atoms with van der Waals surface area (Å²) >= 11 is 0. The Morgan fingerprint density at radius 1 is 1.26 bits per heavy atom. The summed E-state index contributed by atoms with van der Waals surface area (Å²) in [5.41, 5.74) is 0.526. The zero-order chi connectivity index (χ0) is 14.3. The molecule has 0 unspecified atom stereocenters. The minimum Gasteiger partial charge on any atom is -0.481 e. The Labute approximate surface area is 114 Å². The largest absolute Gasteiger partial charge is 0.495 e. The van der Waals surface area contributed by atoms with Crippen LogP contribution in [0.2, 0.25) is 0 Å². The highest BCUT2D eigenvalue weighted by Crippen LogP contribution is 2.36. The van der Waals surface area contributed by atoms with Crippen molar-refractivity contribution in [2.45, 2.75) is 45.5 Å². The first-order valence-electron chi connectivity index (χ1n) is 6.30. The first-order valence-corrected chi connectivity index (χ1v) is 6.30. The summed E-state index contributed by atoms with van der Waals surface area (Å²) in [4.78, 5) is 4.08. The smallest absolute Gasteiger partial charge is 0.481 e. The first kappa shape index (κ1) is 14.3. The molecule has 1 aliphatic rings. The molecule has 19 heavy (non-hydrogen) atoms. The summed E-state index contributed by atoms with van der Waals surface area (Å²) in [7, 11) is 0.999. The molecule has 0 amide bonds. The third-order valence-corrected chi connectivity index (χ3v) is 3.91. The van der Waals surface area contributed by atoms with E-state index in [0.29, 0.717) is 11.4 Å². The van der Waals surface area contributed by atoms with Crippen molar-refractivity contribution in [3.05, 3.63) is 17.8 Å². The summed E-state index contributed by atoms with van der Waals surface area (Å²) in [5, 5.41) is 9.52. The minimum atomic E-state index is -0.524. The van der Waals surface area contributed by atoms with Gasteiger partial charge in [0.1, 0.15) is 0 Å². The van der Waals surface area contributed by atoms with E-state index >= 15 is 0 Å². The average molecular weight is 265 g/mol. The van der Waals surface area contributed by atoms with Crippen molar-refractivity contribution in [2.24, 2.45) is 0 Å². The molecule has 0 atom stereocenters. The van der Waals surface area contributed by atoms with Crippen LogP contribution in [0.25, 0.3) is 0 Å². The van der Waals surface area contributed by atoms with Gasteiger partial charge in [-0.1, -0.05) is 0 Å². The highest BCUT2D eigenvalue weighted by Gasteiger charge is 2.52. The van der Waals surface area contributed by atoms with Crippen LogP contribution in [0.1, 0.15) is 33.3 Å². The number of nitrogens with zero attached hydrogens (tertiary/aromatic N) is 1. The number of methoxy groups -OCH3 is 1. The number of aromatic nitrogens is 1. The van der Waals surface area contributed by atoms with Crippen molar-refractivity contribution >= 4 is 12.6 Å². The lowest BCUT2D eigenvalue weighted by molar-refractivity contribution is 0.00578. The molecule has 1 aliphatic heterocycles. The van der Waals surface area contributed by atoms with E-state index in [0.717, 1.165) is 5.46 Å². The van der Waals surface area contributed by atoms with E-state index in [4.69, 9.17) is 14.0 Å². The first-order chi connectivity index (χ1) is 8.82. The second-order valence-corrected chi connectivity index (χ2v) is 5.63. The van der Waals surface area contributed by atoms with Crippen LogP contribution in [0.3, 0.4) is 0 Å². The van der Waals surface area contributed by atoms with Crippen molar-refractivity contribution in [2.75, 3.05) is 7.11 Å². The minimum absolute atomic E-state index is 0.170. The maximum Gasteiger partial charge on any atom is 0.495 e. The predicted octanol–water partition coefficient (Wildman–Crippen LogP) is 0.882. The van der Waals surface area contributed by atoms with Gasteiger partial charge in [-0.2, -0.15) is 0 Å². The van der Waals surface area contributed by atoms with E-state index < -0.39 is 18.3 Å². The third kappa shape index (κ3) is 2.36. The SMILES string of the molecule is COc1nccc(B2OC(C)(C)C(C)(C)O2)c1CO. The van der Waals surface area contributed by atoms with Crippen LogP contribution in [0, 0.1) is 0 Å². The van der Waals surface area contributed by atoms with Crippen LogP contribution in [0.4, 0.5) is 0 Å². The second kappa shape index (κ2) is 4.78. The lowest BCUT2D eigenvalue weighted by atomic mass is 9.76. The molecule has 1 aromatic heterocycles. The van der Waals surface area contributed by atoms with E-state index in [1.54, 1.807) is 12.3 Å². The van der Waals surface area contributed by atoms with E-state index in [1.165, 1.54) is 7.11 Å². The molecule has 6 heteroatoms. The van der Waals surface area contributed by atoms with Crippen molar-refractivity contribution in [3.8, 4) is 5.88 Å². The number of pyridine rings is 1. The van der Waals surface area contributed by atoms with Crippen LogP contribution < -0.4 is 10.2 Å². The highest BCUT2D eigenvalue weighted by atomic mass is 16.7. The molecule has 0 bridgehead atoms. The molecule has 5 nitrogen and oxygen atoms in total. The van der Waals surface area contributed by atoms with Crippen LogP contribution >= 0.6 is 0 Å². The van der Waals surface area contributed by atoms with Crippen LogP contribution in [0.5, 0.6) is 5.88 Å². The predicted molar refractivity (Wildman–Crippen MR) is 72.4 cm³/mol. The fourth-order valence-electron chi connectivity index (χ4n) is 2.01. The lowest BCUT2D eigenvalue weighted by Gasteiger charge is -2.32. The van der Waals surface area contributed by atoms with Crippen molar-refractivity contribution in [3.63, 3.8) is 0 Å². The molecule has 0 aromatic carbocycles. The summed E-state index contributed by atoms with van der Waals surface area (Å²) in [6, 6.07) is 1.79. The van der Waals surface area contributed by atoms with Crippen molar-refractivity contribution in [1.29, 1.82) is 0 Å². The third-order valence-electron chi connectivity index (χ3n) is 3.91. The van der Waals surface area contributed by atoms with E-state index in [1.807, 2.05) is 27.7 Å². The Hall–Kier alpha value is -1.11. The Morgan fingerprint density at radius 3 is 2.32 bits per heavy atom. The molecule has 2 rings (SSSR count). The van der Waals surface area contributed by atoms with E-state index in [9.17, 15) is 5.11 Å². The molecule has 104 valence electrons. The molecule has 0 radical (unpaired) electrons. The Morgan fingerprint density at radius 2 is 1.84 bits per heavy atom. The molecule has 1 aromatic rings. The molecule has 0 saturated carbocycles. The van der Waals surface area contributed by atoms with Gasteiger partial charge in [-0.15, -0.1) is 0 Å². The number of rotatable bonds is 3. The molecule has 2 heterocycles. The van der Waals surface area contributed by atoms with Crippen molar-refractivity contribution < 1.29 is 19.2 Å². The standard InChI is InChI=1S/C13H20BNO4/c1-12(2)13(3,4)19-14(18-12)10-6-7-15-11(17-5)9(10)8-16/h6-7,16H,8H2,1-5H3. The number of aliphatic hydroxyl groups is 1. The number of hydrogen-bond donors (Lipinski definition) is 1. The summed E-state index contributed by atoms with van der Waals surface area (Å²) in [6.07, 6.45) is 1.62. The number of hydrogen-bond acceptors (Lipinski definition) is 5. The zero-order valence-electron chi connectivity index (χ0n) is 12.1. The second-order valence-electron chi connectivity index (χ2n) is 5.63. The van der Waals surface area contributed by atoms with Gasteiger partial charge in [0.05, 0.1) is 24.9 Å². The van der Waals surface area contributed by atoms with Gasteiger partial charge < -0.3 is 19.2 Å². The molecular formula is C13H20BNO4. The Bertz CT molecular complexity index is 460. The number of ether oxygens (including phenoxy) is 1. The Kier molecular flexibility index (Phi) is 3.60. The Balaban J connectivity index is 2.39. The van der Waals surface area contributed by atoms with Gasteiger partial charge >= 0.3 is 7.12 Å². The van der Waals surface area contributed by atoms with Crippen LogP contribution in [-0.2, 0) is 15.9 Å². The maximum absolute atomic E-state index is 9.52. The highest BCUT2D eigenvalue weighted by molar-refractivity contribution is 6.62. The van der Waals surface area contributed by atoms with Gasteiger partial charge in [0.2, 0.25) is 5.88 Å². The fraction of sp³-hybridized carbons (Fsp3) is 0.615. The topological polar surface area (TPSA) is 60.8 Å². The van der Waals surface area contributed by atoms with Crippen molar-refractivity contribution in [1.82, 2.24) is 4.98 Å². The van der Waals surface area contributed by atoms with Crippen LogP contribution in [-0.4, -0.2) is 35.5 Å². The molecule has 0 aliphatic carbocycles. The van der Waals surface area contributed by atoms with Crippen LogP contribution in [0.15, 0.2) is 12.3 Å². The maximum atomic E-state index is 9.52. The van der Waals surface area contributed by atoms with E-state index in [-0.39, 0.29) is 6.61 Å². The summed E-state index contributed by atoms with van der Waals surface area (Å²) < 4.78 is 17.1. The van der Waals surface area contributed by atoms with Gasteiger partial charge in [0.25, 0.3) is 0 Å². The molecular weight excluding hydrogens is 245 g/mol. The van der Waals surface area contributed by atoms with Gasteiger partial charge in [0, 0.05) is 11.8 Å². The quantitative estimate of drug-likeness (QED) is 0.822. The van der Waals surface area contributed by atoms with Gasteiger partial charge in [-0.25, -0.2) is 4.98 Å². The molecule has 1 saturated heterocycles. The molecule has 1 N–H and O–H groups in total. The lowest BCUT2D eigenvalue weighted by Crippen LogP contribution is -2.41.